The van der Waals surface area contributed by atoms with Crippen LogP contribution >= 0.6 is 0 Å². The molecule has 0 radical (unpaired) electrons. The zero-order valence-electron chi connectivity index (χ0n) is 14.7. The molecule has 0 saturated carbocycles. The number of phenols is 1. The Balaban J connectivity index is 1.96. The van der Waals surface area contributed by atoms with Crippen molar-refractivity contribution in [3.05, 3.63) is 65.1 Å². The Bertz CT molecular complexity index is 925. The summed E-state index contributed by atoms with van der Waals surface area (Å²) in [5.41, 5.74) is 1.64. The molecular weight excluding hydrogens is 353 g/mol. The molecule has 0 aliphatic carbocycles. The van der Waals surface area contributed by atoms with E-state index < -0.39 is 23.8 Å². The smallest absolute Gasteiger partial charge is 0.319 e. The number of anilines is 1. The van der Waals surface area contributed by atoms with Gasteiger partial charge < -0.3 is 25.8 Å². The fourth-order valence-corrected chi connectivity index (χ4v) is 2.85. The highest BCUT2D eigenvalue weighted by atomic mass is 19.1. The van der Waals surface area contributed by atoms with Crippen molar-refractivity contribution < 1.29 is 23.8 Å². The van der Waals surface area contributed by atoms with E-state index >= 15 is 0 Å². The van der Waals surface area contributed by atoms with E-state index in [1.54, 1.807) is 19.1 Å². The summed E-state index contributed by atoms with van der Waals surface area (Å²) < 4.78 is 18.2. The summed E-state index contributed by atoms with van der Waals surface area (Å²) in [6.45, 7) is 1.61. The minimum Gasteiger partial charge on any atom is -0.504 e. The number of urea groups is 1. The maximum absolute atomic E-state index is 13.1. The summed E-state index contributed by atoms with van der Waals surface area (Å²) >= 11 is 0. The van der Waals surface area contributed by atoms with E-state index in [0.29, 0.717) is 16.9 Å². The number of nitrogens with one attached hydrogen (secondary N) is 3. The Morgan fingerprint density at radius 2 is 1.93 bits per heavy atom. The van der Waals surface area contributed by atoms with Crippen LogP contribution in [0.5, 0.6) is 11.5 Å². The Kier molecular flexibility index (Phi) is 4.98. The van der Waals surface area contributed by atoms with Gasteiger partial charge in [-0.2, -0.15) is 0 Å². The van der Waals surface area contributed by atoms with Crippen LogP contribution < -0.4 is 20.7 Å². The van der Waals surface area contributed by atoms with Crippen LogP contribution in [0.1, 0.15) is 18.5 Å². The maximum Gasteiger partial charge on any atom is 0.319 e. The topological polar surface area (TPSA) is 99.7 Å². The van der Waals surface area contributed by atoms with E-state index in [1.807, 2.05) is 0 Å². The van der Waals surface area contributed by atoms with Gasteiger partial charge in [-0.25, -0.2) is 9.18 Å². The number of hydrogen-bond acceptors (Lipinski definition) is 4. The van der Waals surface area contributed by atoms with Crippen molar-refractivity contribution in [2.75, 3.05) is 12.4 Å². The van der Waals surface area contributed by atoms with Crippen molar-refractivity contribution in [2.45, 2.75) is 13.0 Å². The van der Waals surface area contributed by atoms with Gasteiger partial charge in [0.05, 0.1) is 18.7 Å². The van der Waals surface area contributed by atoms with Crippen LogP contribution in [-0.4, -0.2) is 24.2 Å². The second-order valence-corrected chi connectivity index (χ2v) is 5.96. The summed E-state index contributed by atoms with van der Waals surface area (Å²) in [7, 11) is 1.41. The first-order chi connectivity index (χ1) is 12.9. The third-order valence-corrected chi connectivity index (χ3v) is 4.15. The molecule has 2 aromatic rings. The zero-order chi connectivity index (χ0) is 19.6. The van der Waals surface area contributed by atoms with Crippen molar-refractivity contribution in [1.29, 1.82) is 0 Å². The van der Waals surface area contributed by atoms with Gasteiger partial charge in [0.15, 0.2) is 11.5 Å². The van der Waals surface area contributed by atoms with Crippen LogP contribution in [0, 0.1) is 5.82 Å². The zero-order valence-corrected chi connectivity index (χ0v) is 14.7. The number of aromatic hydroxyl groups is 1. The van der Waals surface area contributed by atoms with Gasteiger partial charge in [0.25, 0.3) is 5.91 Å². The molecule has 0 aromatic heterocycles. The van der Waals surface area contributed by atoms with Gasteiger partial charge in [0, 0.05) is 11.4 Å². The molecule has 7 nitrogen and oxygen atoms in total. The molecule has 0 unspecified atom stereocenters. The summed E-state index contributed by atoms with van der Waals surface area (Å²) in [4.78, 5) is 24.8. The first-order valence-electron chi connectivity index (χ1n) is 8.11. The van der Waals surface area contributed by atoms with Gasteiger partial charge in [0.1, 0.15) is 5.82 Å². The Hall–Kier alpha value is -3.55. The molecule has 27 heavy (non-hydrogen) atoms. The number of rotatable bonds is 4. The molecule has 2 aromatic carbocycles. The SMILES string of the molecule is COc1cc([C@H]2NC(=O)NC(C)=C2C(=O)Nc2ccc(F)cc2)ccc1O. The molecule has 1 atom stereocenters. The van der Waals surface area contributed by atoms with E-state index in [1.165, 1.54) is 37.4 Å². The van der Waals surface area contributed by atoms with Crippen molar-refractivity contribution >= 4 is 17.6 Å². The minimum atomic E-state index is -0.756. The van der Waals surface area contributed by atoms with Crippen LogP contribution in [0.15, 0.2) is 53.7 Å². The largest absolute Gasteiger partial charge is 0.504 e. The Morgan fingerprint density at radius 1 is 1.22 bits per heavy atom. The quantitative estimate of drug-likeness (QED) is 0.664. The fraction of sp³-hybridized carbons (Fsp3) is 0.158. The lowest BCUT2D eigenvalue weighted by Crippen LogP contribution is -2.45. The maximum atomic E-state index is 13.1. The van der Waals surface area contributed by atoms with Gasteiger partial charge >= 0.3 is 6.03 Å². The van der Waals surface area contributed by atoms with Gasteiger partial charge in [-0.3, -0.25) is 4.79 Å². The van der Waals surface area contributed by atoms with Gasteiger partial charge in [-0.05, 0) is 48.9 Å². The Labute approximate surface area is 154 Å². The van der Waals surface area contributed by atoms with Crippen molar-refractivity contribution in [3.8, 4) is 11.5 Å². The molecule has 0 saturated heterocycles. The Morgan fingerprint density at radius 3 is 2.59 bits per heavy atom. The molecule has 1 aliphatic heterocycles. The molecule has 0 spiro atoms. The normalized spacial score (nSPS) is 16.4. The van der Waals surface area contributed by atoms with E-state index in [-0.39, 0.29) is 17.1 Å². The van der Waals surface area contributed by atoms with Crippen molar-refractivity contribution in [3.63, 3.8) is 0 Å². The molecule has 0 fully saturated rings. The first kappa shape index (κ1) is 18.2. The molecule has 1 aliphatic rings. The number of carbonyl (C=O) groups is 2. The lowest BCUT2D eigenvalue weighted by atomic mass is 9.94. The van der Waals surface area contributed by atoms with Crippen LogP contribution in [-0.2, 0) is 4.79 Å². The monoisotopic (exact) mass is 371 g/mol. The van der Waals surface area contributed by atoms with Crippen molar-refractivity contribution in [1.82, 2.24) is 10.6 Å². The average molecular weight is 371 g/mol. The predicted molar refractivity (Wildman–Crippen MR) is 96.8 cm³/mol. The highest BCUT2D eigenvalue weighted by Crippen LogP contribution is 2.33. The van der Waals surface area contributed by atoms with E-state index in [4.69, 9.17) is 4.74 Å². The summed E-state index contributed by atoms with van der Waals surface area (Å²) in [5.74, 6) is -0.705. The molecule has 8 heteroatoms. The third-order valence-electron chi connectivity index (χ3n) is 4.15. The summed E-state index contributed by atoms with van der Waals surface area (Å²) in [6.07, 6.45) is 0. The van der Waals surface area contributed by atoms with E-state index in [2.05, 4.69) is 16.0 Å². The van der Waals surface area contributed by atoms with Crippen LogP contribution in [0.4, 0.5) is 14.9 Å². The molecule has 3 rings (SSSR count). The number of halogens is 1. The highest BCUT2D eigenvalue weighted by molar-refractivity contribution is 6.06. The van der Waals surface area contributed by atoms with Crippen molar-refractivity contribution in [2.24, 2.45) is 0 Å². The molecule has 0 bridgehead atoms. The number of phenolic OH excluding ortho intramolecular Hbond substituents is 1. The average Bonchev–Trinajstić information content (AvgIpc) is 2.63. The van der Waals surface area contributed by atoms with Crippen LogP contribution in [0.2, 0.25) is 0 Å². The first-order valence-corrected chi connectivity index (χ1v) is 8.11. The number of hydrogen-bond donors (Lipinski definition) is 4. The van der Waals surface area contributed by atoms with Crippen LogP contribution in [0.3, 0.4) is 0 Å². The van der Waals surface area contributed by atoms with Gasteiger partial charge in [-0.1, -0.05) is 6.07 Å². The highest BCUT2D eigenvalue weighted by Gasteiger charge is 2.31. The molecular formula is C19H18FN3O4. The van der Waals surface area contributed by atoms with Crippen LogP contribution in [0.25, 0.3) is 0 Å². The van der Waals surface area contributed by atoms with E-state index in [0.717, 1.165) is 0 Å². The standard InChI is InChI=1S/C19H18FN3O4/c1-10-16(18(25)22-13-6-4-12(20)5-7-13)17(23-19(26)21-10)11-3-8-14(24)15(9-11)27-2/h3-9,17,24H,1-2H3,(H,22,25)(H2,21,23,26)/t17-/m1/s1. The number of amides is 3. The minimum absolute atomic E-state index is 0.0560. The van der Waals surface area contributed by atoms with Gasteiger partial charge in [0.2, 0.25) is 0 Å². The summed E-state index contributed by atoms with van der Waals surface area (Å²) in [6, 6.07) is 8.70. The predicted octanol–water partition coefficient (Wildman–Crippen LogP) is 2.81. The second kappa shape index (κ2) is 7.36. The van der Waals surface area contributed by atoms with E-state index in [9.17, 15) is 19.1 Å². The molecule has 140 valence electrons. The lowest BCUT2D eigenvalue weighted by molar-refractivity contribution is -0.113. The number of methoxy groups -OCH3 is 1. The summed E-state index contributed by atoms with van der Waals surface area (Å²) in [5, 5.41) is 17.7. The number of ether oxygens (including phenoxy) is 1. The second-order valence-electron chi connectivity index (χ2n) is 5.96. The lowest BCUT2D eigenvalue weighted by Gasteiger charge is -2.29. The molecule has 4 N–H and O–H groups in total. The number of allylic oxidation sites excluding steroid dienone is 1. The third kappa shape index (κ3) is 3.84. The number of carbonyl (C=O) groups excluding carboxylic acids is 2. The molecule has 1 heterocycles. The van der Waals surface area contributed by atoms with Gasteiger partial charge in [-0.15, -0.1) is 0 Å². The fourth-order valence-electron chi connectivity index (χ4n) is 2.85. The number of benzene rings is 2. The molecule has 3 amide bonds.